The molecule has 5 nitrogen and oxygen atoms in total. The lowest BCUT2D eigenvalue weighted by atomic mass is 9.76. The molecule has 5 rings (SSSR count). The van der Waals surface area contributed by atoms with Gasteiger partial charge < -0.3 is 4.84 Å². The molecule has 0 bridgehead atoms. The highest BCUT2D eigenvalue weighted by Gasteiger charge is 2.45. The third-order valence-corrected chi connectivity index (χ3v) is 6.65. The number of nitrogens with zero attached hydrogens (tertiary/aromatic N) is 3. The number of aryl methyl sites for hydroxylation is 1. The highest BCUT2D eigenvalue weighted by molar-refractivity contribution is 6.06. The molecule has 0 amide bonds. The van der Waals surface area contributed by atoms with Crippen LogP contribution in [0.15, 0.2) is 60.0 Å². The van der Waals surface area contributed by atoms with Crippen molar-refractivity contribution < 1.29 is 14.0 Å². The zero-order valence-electron chi connectivity index (χ0n) is 18.8. The van der Waals surface area contributed by atoms with Crippen LogP contribution in [0.2, 0.25) is 0 Å². The predicted molar refractivity (Wildman–Crippen MR) is 125 cm³/mol. The zero-order chi connectivity index (χ0) is 23.0. The van der Waals surface area contributed by atoms with Crippen LogP contribution in [0.5, 0.6) is 0 Å². The molecule has 0 N–H and O–H groups in total. The third kappa shape index (κ3) is 4.42. The number of rotatable bonds is 6. The molecule has 3 aromatic rings. The van der Waals surface area contributed by atoms with Crippen molar-refractivity contribution in [3.05, 3.63) is 83.1 Å². The second-order valence-corrected chi connectivity index (χ2v) is 9.29. The first-order valence-electron chi connectivity index (χ1n) is 11.4. The Morgan fingerprint density at radius 1 is 1.09 bits per heavy atom. The first-order valence-corrected chi connectivity index (χ1v) is 11.4. The Morgan fingerprint density at radius 2 is 1.91 bits per heavy atom. The monoisotopic (exact) mass is 443 g/mol. The van der Waals surface area contributed by atoms with Gasteiger partial charge in [0.2, 0.25) is 0 Å². The highest BCUT2D eigenvalue weighted by Crippen LogP contribution is 2.43. The van der Waals surface area contributed by atoms with Crippen LogP contribution in [0.25, 0.3) is 11.3 Å². The van der Waals surface area contributed by atoms with Gasteiger partial charge in [-0.05, 0) is 68.1 Å². The van der Waals surface area contributed by atoms with Crippen LogP contribution in [0.4, 0.5) is 4.39 Å². The number of hydrogen-bond acceptors (Lipinski definition) is 5. The predicted octanol–water partition coefficient (Wildman–Crippen LogP) is 6.01. The Bertz CT molecular complexity index is 1220. The van der Waals surface area contributed by atoms with Gasteiger partial charge in [0.15, 0.2) is 5.78 Å². The molecule has 1 aromatic carbocycles. The van der Waals surface area contributed by atoms with Crippen molar-refractivity contribution in [2.75, 3.05) is 0 Å². The number of hydrogen-bond donors (Lipinski definition) is 0. The second-order valence-electron chi connectivity index (χ2n) is 9.29. The Kier molecular flexibility index (Phi) is 5.52. The first-order chi connectivity index (χ1) is 15.9. The molecule has 1 atom stereocenters. The minimum Gasteiger partial charge on any atom is -0.389 e. The smallest absolute Gasteiger partial charge is 0.163 e. The van der Waals surface area contributed by atoms with Gasteiger partial charge in [-0.1, -0.05) is 18.1 Å². The van der Waals surface area contributed by atoms with Crippen LogP contribution in [-0.4, -0.2) is 27.1 Å². The summed E-state index contributed by atoms with van der Waals surface area (Å²) in [6.45, 7) is 3.93. The largest absolute Gasteiger partial charge is 0.389 e. The molecule has 1 aliphatic heterocycles. The van der Waals surface area contributed by atoms with Crippen LogP contribution < -0.4 is 0 Å². The standard InChI is InChI=1S/C27H26FN3O2/c1-17-4-6-24(29-15-17)19-11-20(25-14-27(33-31-25)8-3-9-27)13-21(12-19)26(32)10-18(2)23-7-5-22(28)16-30-23/h4-7,11-13,15-16,18H,3,8-10,14H2,1-2H3/t18-/m0/s1. The maximum atomic E-state index is 13.3. The van der Waals surface area contributed by atoms with E-state index < -0.39 is 0 Å². The van der Waals surface area contributed by atoms with E-state index in [0.29, 0.717) is 11.3 Å². The van der Waals surface area contributed by atoms with Crippen LogP contribution in [0.1, 0.15) is 72.1 Å². The van der Waals surface area contributed by atoms with E-state index in [1.807, 2.05) is 50.4 Å². The molecular weight excluding hydrogens is 417 g/mol. The summed E-state index contributed by atoms with van der Waals surface area (Å²) < 4.78 is 13.2. The Balaban J connectivity index is 1.46. The van der Waals surface area contributed by atoms with Crippen molar-refractivity contribution in [3.8, 4) is 11.3 Å². The van der Waals surface area contributed by atoms with E-state index in [1.165, 1.54) is 12.3 Å². The number of pyridine rings is 2. The van der Waals surface area contributed by atoms with Gasteiger partial charge in [0, 0.05) is 47.3 Å². The van der Waals surface area contributed by atoms with E-state index in [2.05, 4.69) is 15.1 Å². The summed E-state index contributed by atoms with van der Waals surface area (Å²) in [6, 6.07) is 12.8. The maximum Gasteiger partial charge on any atom is 0.163 e. The summed E-state index contributed by atoms with van der Waals surface area (Å²) in [7, 11) is 0. The molecule has 1 fully saturated rings. The first kappa shape index (κ1) is 21.4. The summed E-state index contributed by atoms with van der Waals surface area (Å²) in [5, 5.41) is 4.39. The van der Waals surface area contributed by atoms with E-state index in [4.69, 9.17) is 4.84 Å². The van der Waals surface area contributed by atoms with E-state index in [1.54, 1.807) is 6.07 Å². The number of aromatic nitrogens is 2. The summed E-state index contributed by atoms with van der Waals surface area (Å²) in [5.41, 5.74) is 5.69. The lowest BCUT2D eigenvalue weighted by molar-refractivity contribution is -0.0755. The van der Waals surface area contributed by atoms with Crippen molar-refractivity contribution >= 4 is 11.5 Å². The number of benzene rings is 1. The van der Waals surface area contributed by atoms with E-state index in [9.17, 15) is 9.18 Å². The normalized spacial score (nSPS) is 17.2. The van der Waals surface area contributed by atoms with Gasteiger partial charge in [-0.25, -0.2) is 4.39 Å². The van der Waals surface area contributed by atoms with Crippen molar-refractivity contribution in [1.29, 1.82) is 0 Å². The minimum atomic E-state index is -0.385. The molecule has 0 radical (unpaired) electrons. The second kappa shape index (κ2) is 8.50. The van der Waals surface area contributed by atoms with Gasteiger partial charge in [-0.15, -0.1) is 0 Å². The molecule has 3 heterocycles. The summed E-state index contributed by atoms with van der Waals surface area (Å²) >= 11 is 0. The Morgan fingerprint density at radius 3 is 2.55 bits per heavy atom. The van der Waals surface area contributed by atoms with Crippen molar-refractivity contribution in [1.82, 2.24) is 9.97 Å². The summed E-state index contributed by atoms with van der Waals surface area (Å²) in [4.78, 5) is 27.8. The van der Waals surface area contributed by atoms with E-state index in [0.717, 1.165) is 53.8 Å². The Labute approximate surface area is 192 Å². The van der Waals surface area contributed by atoms with Crippen LogP contribution in [0.3, 0.4) is 0 Å². The molecule has 0 unspecified atom stereocenters. The average molecular weight is 444 g/mol. The SMILES string of the molecule is Cc1ccc(-c2cc(C(=O)C[C@H](C)c3ccc(F)cn3)cc(C3=NOC4(CCC4)C3)c2)nc1. The molecule has 2 aliphatic rings. The van der Waals surface area contributed by atoms with Gasteiger partial charge in [0.05, 0.1) is 17.6 Å². The number of ketones is 1. The average Bonchev–Trinajstić information content (AvgIpc) is 3.26. The molecule has 33 heavy (non-hydrogen) atoms. The van der Waals surface area contributed by atoms with E-state index >= 15 is 0 Å². The number of carbonyl (C=O) groups excluding carboxylic acids is 1. The minimum absolute atomic E-state index is 0.00158. The zero-order valence-corrected chi connectivity index (χ0v) is 18.8. The van der Waals surface area contributed by atoms with Crippen molar-refractivity contribution in [2.45, 2.75) is 57.5 Å². The van der Waals surface area contributed by atoms with Gasteiger partial charge in [-0.3, -0.25) is 14.8 Å². The number of Topliss-reactive ketones (excluding diaryl/α,β-unsaturated/α-hetero) is 1. The Hall–Kier alpha value is -3.41. The van der Waals surface area contributed by atoms with Gasteiger partial charge in [-0.2, -0.15) is 0 Å². The summed E-state index contributed by atoms with van der Waals surface area (Å²) in [5.74, 6) is -0.515. The summed E-state index contributed by atoms with van der Waals surface area (Å²) in [6.07, 6.45) is 7.25. The lowest BCUT2D eigenvalue weighted by Gasteiger charge is -2.34. The fourth-order valence-corrected chi connectivity index (χ4v) is 4.44. The topological polar surface area (TPSA) is 64.4 Å². The molecule has 0 saturated heterocycles. The molecule has 1 spiro atoms. The maximum absolute atomic E-state index is 13.3. The fourth-order valence-electron chi connectivity index (χ4n) is 4.44. The van der Waals surface area contributed by atoms with Crippen LogP contribution in [-0.2, 0) is 4.84 Å². The molecule has 1 saturated carbocycles. The van der Waals surface area contributed by atoms with E-state index in [-0.39, 0.29) is 29.5 Å². The molecule has 1 aliphatic carbocycles. The number of oxime groups is 1. The van der Waals surface area contributed by atoms with Gasteiger partial charge >= 0.3 is 0 Å². The van der Waals surface area contributed by atoms with Crippen molar-refractivity contribution in [3.63, 3.8) is 0 Å². The fraction of sp³-hybridized carbons (Fsp3) is 0.333. The molecule has 2 aromatic heterocycles. The number of carbonyl (C=O) groups is 1. The lowest BCUT2D eigenvalue weighted by Crippen LogP contribution is -2.36. The number of halogens is 1. The molecule has 6 heteroatoms. The third-order valence-electron chi connectivity index (χ3n) is 6.65. The molecule has 168 valence electrons. The van der Waals surface area contributed by atoms with Gasteiger partial charge in [0.1, 0.15) is 11.4 Å². The van der Waals surface area contributed by atoms with Crippen LogP contribution in [0, 0.1) is 12.7 Å². The highest BCUT2D eigenvalue weighted by atomic mass is 19.1. The van der Waals surface area contributed by atoms with Gasteiger partial charge in [0.25, 0.3) is 0 Å². The molecular formula is C27H26FN3O2. The van der Waals surface area contributed by atoms with Crippen molar-refractivity contribution in [2.24, 2.45) is 5.16 Å². The quantitative estimate of drug-likeness (QED) is 0.437. The van der Waals surface area contributed by atoms with Crippen LogP contribution >= 0.6 is 0 Å².